The van der Waals surface area contributed by atoms with Crippen LogP contribution in [0.2, 0.25) is 0 Å². The maximum absolute atomic E-state index is 9.93. The van der Waals surface area contributed by atoms with Crippen LogP contribution in [0.15, 0.2) is 30.3 Å². The minimum atomic E-state index is -0.169. The number of fused-ring (bicyclic) bond motifs is 2. The third kappa shape index (κ3) is 3.45. The van der Waals surface area contributed by atoms with Gasteiger partial charge in [0, 0.05) is 50.2 Å². The van der Waals surface area contributed by atoms with Crippen molar-refractivity contribution in [1.29, 1.82) is 0 Å². The fourth-order valence-corrected chi connectivity index (χ4v) is 4.74. The molecular weight excluding hydrogens is 286 g/mol. The Hall–Kier alpha value is -0.940. The molecule has 3 aliphatic heterocycles. The van der Waals surface area contributed by atoms with Gasteiger partial charge in [0.25, 0.3) is 0 Å². The lowest BCUT2D eigenvalue weighted by molar-refractivity contribution is 0.101. The predicted molar refractivity (Wildman–Crippen MR) is 92.2 cm³/mol. The number of hydrogen-bond acceptors (Lipinski definition) is 4. The van der Waals surface area contributed by atoms with E-state index in [1.807, 2.05) is 0 Å². The summed E-state index contributed by atoms with van der Waals surface area (Å²) in [5.74, 6) is 0.384. The lowest BCUT2D eigenvalue weighted by atomic mass is 9.95. The molecule has 0 aliphatic carbocycles. The molecule has 3 saturated heterocycles. The Balaban J connectivity index is 1.31. The molecule has 23 heavy (non-hydrogen) atoms. The Bertz CT molecular complexity index is 495. The Labute approximate surface area is 139 Å². The van der Waals surface area contributed by atoms with Gasteiger partial charge in [0.2, 0.25) is 0 Å². The van der Waals surface area contributed by atoms with Crippen LogP contribution in [0.3, 0.4) is 0 Å². The number of nitrogens with zero attached hydrogens (tertiary/aromatic N) is 1. The van der Waals surface area contributed by atoms with Crippen molar-refractivity contribution < 1.29 is 5.11 Å². The van der Waals surface area contributed by atoms with Crippen LogP contribution in [0.4, 0.5) is 0 Å². The maximum atomic E-state index is 9.93. The number of aliphatic hydroxyl groups excluding tert-OH is 1. The summed E-state index contributed by atoms with van der Waals surface area (Å²) in [6, 6.07) is 13.0. The normalized spacial score (nSPS) is 37.3. The molecule has 4 rings (SSSR count). The van der Waals surface area contributed by atoms with E-state index in [2.05, 4.69) is 45.9 Å². The van der Waals surface area contributed by atoms with Gasteiger partial charge in [-0.25, -0.2) is 0 Å². The molecule has 3 aliphatic rings. The summed E-state index contributed by atoms with van der Waals surface area (Å²) >= 11 is 0. The molecule has 3 N–H and O–H groups in total. The maximum Gasteiger partial charge on any atom is 0.0716 e. The predicted octanol–water partition coefficient (Wildman–Crippen LogP) is 1.35. The van der Waals surface area contributed by atoms with Gasteiger partial charge in [-0.05, 0) is 31.2 Å². The second kappa shape index (κ2) is 6.89. The van der Waals surface area contributed by atoms with Crippen molar-refractivity contribution in [3.8, 4) is 0 Å². The van der Waals surface area contributed by atoms with Crippen molar-refractivity contribution in [1.82, 2.24) is 15.5 Å². The number of nitrogens with one attached hydrogen (secondary N) is 2. The molecule has 3 fully saturated rings. The van der Waals surface area contributed by atoms with Crippen molar-refractivity contribution in [3.05, 3.63) is 35.9 Å². The van der Waals surface area contributed by atoms with E-state index in [-0.39, 0.29) is 6.10 Å². The molecule has 4 heteroatoms. The van der Waals surface area contributed by atoms with Gasteiger partial charge in [-0.2, -0.15) is 0 Å². The van der Waals surface area contributed by atoms with Gasteiger partial charge in [0.1, 0.15) is 0 Å². The summed E-state index contributed by atoms with van der Waals surface area (Å²) in [6.45, 7) is 3.77. The summed E-state index contributed by atoms with van der Waals surface area (Å²) < 4.78 is 0. The third-order valence-electron chi connectivity index (χ3n) is 6.07. The monoisotopic (exact) mass is 315 g/mol. The van der Waals surface area contributed by atoms with Crippen LogP contribution in [0.25, 0.3) is 0 Å². The fourth-order valence-electron chi connectivity index (χ4n) is 4.74. The first-order valence-corrected chi connectivity index (χ1v) is 9.21. The molecule has 4 unspecified atom stereocenters. The van der Waals surface area contributed by atoms with Gasteiger partial charge in [0.05, 0.1) is 6.10 Å². The Morgan fingerprint density at radius 3 is 2.48 bits per heavy atom. The van der Waals surface area contributed by atoms with E-state index in [1.165, 1.54) is 31.2 Å². The molecule has 0 radical (unpaired) electrons. The fraction of sp³-hybridized carbons (Fsp3) is 0.684. The van der Waals surface area contributed by atoms with Crippen LogP contribution in [0.1, 0.15) is 31.2 Å². The summed E-state index contributed by atoms with van der Waals surface area (Å²) in [4.78, 5) is 2.74. The van der Waals surface area contributed by atoms with Gasteiger partial charge in [0.15, 0.2) is 0 Å². The molecule has 1 aromatic rings. The minimum Gasteiger partial charge on any atom is -0.391 e. The van der Waals surface area contributed by atoms with Crippen molar-refractivity contribution in [2.45, 2.75) is 56.5 Å². The van der Waals surface area contributed by atoms with E-state index in [0.717, 1.165) is 38.3 Å². The molecule has 0 spiro atoms. The number of hydrogen-bond donors (Lipinski definition) is 3. The molecular formula is C19H29N3O. The van der Waals surface area contributed by atoms with E-state index in [1.54, 1.807) is 0 Å². The lowest BCUT2D eigenvalue weighted by Gasteiger charge is -2.39. The minimum absolute atomic E-state index is 0.169. The molecule has 4 nitrogen and oxygen atoms in total. The largest absolute Gasteiger partial charge is 0.391 e. The standard InChI is InChI=1S/C19H29N3O/c23-19-12-20-10-15(19)11-21-16-8-17-6-7-18(9-16)22(17)13-14-4-2-1-3-5-14/h1-5,15-21,23H,6-13H2. The van der Waals surface area contributed by atoms with Crippen LogP contribution >= 0.6 is 0 Å². The molecule has 0 saturated carbocycles. The summed E-state index contributed by atoms with van der Waals surface area (Å²) in [5, 5.41) is 17.0. The summed E-state index contributed by atoms with van der Waals surface area (Å²) in [6.07, 6.45) is 5.06. The molecule has 1 aromatic carbocycles. The van der Waals surface area contributed by atoms with E-state index >= 15 is 0 Å². The van der Waals surface area contributed by atoms with Crippen LogP contribution in [0, 0.1) is 5.92 Å². The summed E-state index contributed by atoms with van der Waals surface area (Å²) in [7, 11) is 0. The zero-order chi connectivity index (χ0) is 15.6. The SMILES string of the molecule is OC1CNCC1CNC1CC2CCC(C1)N2Cc1ccccc1. The van der Waals surface area contributed by atoms with Gasteiger partial charge in [-0.1, -0.05) is 30.3 Å². The van der Waals surface area contributed by atoms with E-state index < -0.39 is 0 Å². The van der Waals surface area contributed by atoms with Crippen LogP contribution in [-0.2, 0) is 6.54 Å². The van der Waals surface area contributed by atoms with Gasteiger partial charge < -0.3 is 15.7 Å². The molecule has 2 bridgehead atoms. The Morgan fingerprint density at radius 1 is 1.09 bits per heavy atom. The highest BCUT2D eigenvalue weighted by atomic mass is 16.3. The average Bonchev–Trinajstić information content (AvgIpc) is 3.06. The number of benzene rings is 1. The van der Waals surface area contributed by atoms with E-state index in [0.29, 0.717) is 12.0 Å². The molecule has 4 atom stereocenters. The number of rotatable bonds is 5. The van der Waals surface area contributed by atoms with Crippen LogP contribution in [-0.4, -0.2) is 53.9 Å². The molecule has 3 heterocycles. The average molecular weight is 315 g/mol. The van der Waals surface area contributed by atoms with E-state index in [4.69, 9.17) is 0 Å². The van der Waals surface area contributed by atoms with Crippen molar-refractivity contribution in [2.24, 2.45) is 5.92 Å². The highest BCUT2D eigenvalue weighted by Crippen LogP contribution is 2.36. The number of β-amino-alcohol motifs (C(OH)–C–C–N with tert-alkyl or cyclic N) is 1. The molecule has 126 valence electrons. The second-order valence-corrected chi connectivity index (χ2v) is 7.61. The quantitative estimate of drug-likeness (QED) is 0.768. The smallest absolute Gasteiger partial charge is 0.0716 e. The van der Waals surface area contributed by atoms with Crippen LogP contribution in [0.5, 0.6) is 0 Å². The van der Waals surface area contributed by atoms with Gasteiger partial charge in [-0.15, -0.1) is 0 Å². The molecule has 0 amide bonds. The van der Waals surface area contributed by atoms with Crippen molar-refractivity contribution in [3.63, 3.8) is 0 Å². The highest BCUT2D eigenvalue weighted by Gasteiger charge is 2.40. The third-order valence-corrected chi connectivity index (χ3v) is 6.07. The first-order chi connectivity index (χ1) is 11.3. The Morgan fingerprint density at radius 2 is 1.83 bits per heavy atom. The van der Waals surface area contributed by atoms with Crippen molar-refractivity contribution in [2.75, 3.05) is 19.6 Å². The second-order valence-electron chi connectivity index (χ2n) is 7.61. The highest BCUT2D eigenvalue weighted by molar-refractivity contribution is 5.15. The topological polar surface area (TPSA) is 47.5 Å². The zero-order valence-corrected chi connectivity index (χ0v) is 13.8. The number of aliphatic hydroxyl groups is 1. The first-order valence-electron chi connectivity index (χ1n) is 9.21. The van der Waals surface area contributed by atoms with E-state index in [9.17, 15) is 5.11 Å². The summed E-state index contributed by atoms with van der Waals surface area (Å²) in [5.41, 5.74) is 1.44. The number of piperidine rings is 1. The van der Waals surface area contributed by atoms with Gasteiger partial charge >= 0.3 is 0 Å². The Kier molecular flexibility index (Phi) is 4.67. The lowest BCUT2D eigenvalue weighted by Crippen LogP contribution is -2.50. The first kappa shape index (κ1) is 15.6. The molecule has 0 aromatic heterocycles. The van der Waals surface area contributed by atoms with Crippen molar-refractivity contribution >= 4 is 0 Å². The van der Waals surface area contributed by atoms with Gasteiger partial charge in [-0.3, -0.25) is 4.90 Å². The zero-order valence-electron chi connectivity index (χ0n) is 13.8. The van der Waals surface area contributed by atoms with Crippen LogP contribution < -0.4 is 10.6 Å².